The maximum absolute atomic E-state index is 13.9. The highest BCUT2D eigenvalue weighted by Gasteiger charge is 2.20. The van der Waals surface area contributed by atoms with Crippen molar-refractivity contribution in [2.24, 2.45) is 7.05 Å². The zero-order chi connectivity index (χ0) is 24.8. The number of aromatic nitrogens is 5. The SMILES string of the molecule is Cn1cc2cc(-n3cc4cnc(NC5CCC5)nc4c(-c4ccc(OC(F)F)cc4)c3=O)ccc2n1. The van der Waals surface area contributed by atoms with Crippen LogP contribution in [0.4, 0.5) is 14.7 Å². The molecule has 1 N–H and O–H groups in total. The third kappa shape index (κ3) is 4.04. The molecule has 0 aliphatic heterocycles. The van der Waals surface area contributed by atoms with Crippen LogP contribution < -0.4 is 15.6 Å². The maximum Gasteiger partial charge on any atom is 0.387 e. The average Bonchev–Trinajstić information content (AvgIpc) is 3.20. The Balaban J connectivity index is 1.53. The van der Waals surface area contributed by atoms with Crippen molar-refractivity contribution in [2.75, 3.05) is 5.32 Å². The Labute approximate surface area is 204 Å². The maximum atomic E-state index is 13.9. The van der Waals surface area contributed by atoms with Gasteiger partial charge in [0, 0.05) is 48.1 Å². The first-order valence-electron chi connectivity index (χ1n) is 11.6. The van der Waals surface area contributed by atoms with Gasteiger partial charge in [0.15, 0.2) is 0 Å². The van der Waals surface area contributed by atoms with E-state index >= 15 is 0 Å². The second kappa shape index (κ2) is 8.71. The van der Waals surface area contributed by atoms with Gasteiger partial charge in [0.05, 0.1) is 16.6 Å². The van der Waals surface area contributed by atoms with Crippen molar-refractivity contribution in [1.29, 1.82) is 0 Å². The largest absolute Gasteiger partial charge is 0.435 e. The van der Waals surface area contributed by atoms with Gasteiger partial charge in [0.2, 0.25) is 5.95 Å². The number of alkyl halides is 2. The van der Waals surface area contributed by atoms with Crippen molar-refractivity contribution in [3.8, 4) is 22.6 Å². The Bertz CT molecular complexity index is 1640. The van der Waals surface area contributed by atoms with Gasteiger partial charge in [-0.2, -0.15) is 13.9 Å². The Morgan fingerprint density at radius 2 is 1.89 bits per heavy atom. The molecule has 3 heterocycles. The van der Waals surface area contributed by atoms with Crippen LogP contribution in [0.5, 0.6) is 5.75 Å². The molecule has 182 valence electrons. The van der Waals surface area contributed by atoms with Crippen LogP contribution in [0.2, 0.25) is 0 Å². The lowest BCUT2D eigenvalue weighted by Gasteiger charge is -2.26. The third-order valence-corrected chi connectivity index (χ3v) is 6.44. The van der Waals surface area contributed by atoms with Crippen molar-refractivity contribution in [3.05, 3.63) is 71.4 Å². The summed E-state index contributed by atoms with van der Waals surface area (Å²) in [4.78, 5) is 23.1. The van der Waals surface area contributed by atoms with Crippen LogP contribution in [0.3, 0.4) is 0 Å². The zero-order valence-electron chi connectivity index (χ0n) is 19.4. The van der Waals surface area contributed by atoms with Gasteiger partial charge in [-0.15, -0.1) is 0 Å². The first-order chi connectivity index (χ1) is 17.4. The highest BCUT2D eigenvalue weighted by molar-refractivity contribution is 5.93. The highest BCUT2D eigenvalue weighted by Crippen LogP contribution is 2.29. The first kappa shape index (κ1) is 22.1. The minimum absolute atomic E-state index is 0.0123. The van der Waals surface area contributed by atoms with Gasteiger partial charge in [-0.1, -0.05) is 12.1 Å². The van der Waals surface area contributed by atoms with Gasteiger partial charge in [-0.05, 0) is 55.2 Å². The van der Waals surface area contributed by atoms with E-state index in [9.17, 15) is 13.6 Å². The second-order valence-electron chi connectivity index (χ2n) is 8.90. The summed E-state index contributed by atoms with van der Waals surface area (Å²) in [5.41, 5.74) is 2.57. The van der Waals surface area contributed by atoms with E-state index in [2.05, 4.69) is 20.1 Å². The number of hydrogen-bond donors (Lipinski definition) is 1. The molecule has 1 aliphatic rings. The van der Waals surface area contributed by atoms with Crippen LogP contribution in [0.15, 0.2) is 65.8 Å². The summed E-state index contributed by atoms with van der Waals surface area (Å²) in [6, 6.07) is 11.9. The molecule has 0 spiro atoms. The molecule has 0 saturated heterocycles. The molecular formula is C26H22F2N6O2. The molecule has 1 fully saturated rings. The first-order valence-corrected chi connectivity index (χ1v) is 11.6. The smallest absolute Gasteiger partial charge is 0.387 e. The van der Waals surface area contributed by atoms with E-state index in [4.69, 9.17) is 4.98 Å². The lowest BCUT2D eigenvalue weighted by molar-refractivity contribution is -0.0498. The third-order valence-electron chi connectivity index (χ3n) is 6.44. The molecule has 3 aromatic heterocycles. The molecule has 5 aromatic rings. The molecule has 0 bridgehead atoms. The van der Waals surface area contributed by atoms with Gasteiger partial charge in [0.1, 0.15) is 5.75 Å². The summed E-state index contributed by atoms with van der Waals surface area (Å²) < 4.78 is 33.0. The Morgan fingerprint density at radius 3 is 2.61 bits per heavy atom. The van der Waals surface area contributed by atoms with Crippen LogP contribution in [0.25, 0.3) is 38.6 Å². The van der Waals surface area contributed by atoms with Gasteiger partial charge >= 0.3 is 6.61 Å². The number of nitrogens with zero attached hydrogens (tertiary/aromatic N) is 5. The van der Waals surface area contributed by atoms with Crippen LogP contribution >= 0.6 is 0 Å². The number of benzene rings is 2. The van der Waals surface area contributed by atoms with E-state index < -0.39 is 6.61 Å². The number of fused-ring (bicyclic) bond motifs is 2. The molecular weight excluding hydrogens is 466 g/mol. The highest BCUT2D eigenvalue weighted by atomic mass is 19.3. The topological polar surface area (TPSA) is 86.9 Å². The second-order valence-corrected chi connectivity index (χ2v) is 8.90. The molecule has 0 unspecified atom stereocenters. The number of nitrogens with one attached hydrogen (secondary N) is 1. The number of pyridine rings is 1. The number of hydrogen-bond acceptors (Lipinski definition) is 6. The lowest BCUT2D eigenvalue weighted by atomic mass is 9.93. The molecule has 10 heteroatoms. The fraction of sp³-hybridized carbons (Fsp3) is 0.231. The Kier molecular flexibility index (Phi) is 5.36. The van der Waals surface area contributed by atoms with Crippen molar-refractivity contribution in [2.45, 2.75) is 31.9 Å². The number of halogens is 2. The number of ether oxygens (including phenoxy) is 1. The molecule has 0 amide bonds. The molecule has 8 nitrogen and oxygen atoms in total. The summed E-state index contributed by atoms with van der Waals surface area (Å²) in [6.45, 7) is -2.93. The van der Waals surface area contributed by atoms with Gasteiger partial charge < -0.3 is 10.1 Å². The molecule has 0 radical (unpaired) electrons. The normalized spacial score (nSPS) is 13.9. The van der Waals surface area contributed by atoms with Crippen LogP contribution in [-0.4, -0.2) is 37.0 Å². The number of anilines is 1. The minimum Gasteiger partial charge on any atom is -0.435 e. The number of aryl methyl sites for hydroxylation is 1. The molecule has 2 aromatic carbocycles. The summed E-state index contributed by atoms with van der Waals surface area (Å²) in [5, 5.41) is 9.29. The molecule has 1 aliphatic carbocycles. The van der Waals surface area contributed by atoms with Crippen LogP contribution in [-0.2, 0) is 7.05 Å². The van der Waals surface area contributed by atoms with Crippen molar-refractivity contribution in [1.82, 2.24) is 24.3 Å². The molecule has 0 atom stereocenters. The van der Waals surface area contributed by atoms with E-state index in [1.54, 1.807) is 33.8 Å². The van der Waals surface area contributed by atoms with E-state index in [0.29, 0.717) is 39.7 Å². The number of rotatable bonds is 6. The van der Waals surface area contributed by atoms with E-state index in [1.807, 2.05) is 31.4 Å². The summed E-state index contributed by atoms with van der Waals surface area (Å²) in [7, 11) is 1.84. The Morgan fingerprint density at radius 1 is 1.08 bits per heavy atom. The fourth-order valence-electron chi connectivity index (χ4n) is 4.45. The minimum atomic E-state index is -2.93. The van der Waals surface area contributed by atoms with Crippen LogP contribution in [0.1, 0.15) is 19.3 Å². The quantitative estimate of drug-likeness (QED) is 0.366. The van der Waals surface area contributed by atoms with Gasteiger partial charge in [0.25, 0.3) is 5.56 Å². The lowest BCUT2D eigenvalue weighted by Crippen LogP contribution is -2.28. The van der Waals surface area contributed by atoms with E-state index in [1.165, 1.54) is 12.1 Å². The van der Waals surface area contributed by atoms with Crippen molar-refractivity contribution in [3.63, 3.8) is 0 Å². The average molecular weight is 488 g/mol. The standard InChI is InChI=1S/C26H22F2N6O2/c1-33-13-16-11-19(7-10-21(16)32-33)34-14-17-12-29-26(30-18-3-2-4-18)31-23(17)22(24(34)35)15-5-8-20(9-6-15)36-25(27)28/h5-14,18,25H,2-4H2,1H3,(H,30,31). The fourth-order valence-corrected chi connectivity index (χ4v) is 4.45. The summed E-state index contributed by atoms with van der Waals surface area (Å²) >= 11 is 0. The predicted molar refractivity (Wildman–Crippen MR) is 133 cm³/mol. The Hall–Kier alpha value is -4.34. The monoisotopic (exact) mass is 488 g/mol. The van der Waals surface area contributed by atoms with E-state index in [0.717, 1.165) is 30.2 Å². The van der Waals surface area contributed by atoms with Gasteiger partial charge in [-0.25, -0.2) is 9.97 Å². The van der Waals surface area contributed by atoms with E-state index in [-0.39, 0.29) is 11.3 Å². The van der Waals surface area contributed by atoms with Crippen LogP contribution in [0, 0.1) is 0 Å². The zero-order valence-corrected chi connectivity index (χ0v) is 19.4. The summed E-state index contributed by atoms with van der Waals surface area (Å²) in [6.07, 6.45) is 8.57. The predicted octanol–water partition coefficient (Wildman–Crippen LogP) is 4.90. The van der Waals surface area contributed by atoms with Crippen molar-refractivity contribution >= 4 is 27.8 Å². The molecule has 6 rings (SSSR count). The summed E-state index contributed by atoms with van der Waals surface area (Å²) in [5.74, 6) is 0.471. The molecule has 1 saturated carbocycles. The van der Waals surface area contributed by atoms with Crippen molar-refractivity contribution < 1.29 is 13.5 Å². The van der Waals surface area contributed by atoms with Gasteiger partial charge in [-0.3, -0.25) is 14.0 Å². The molecule has 36 heavy (non-hydrogen) atoms.